The number of likely N-dealkylation sites (tertiary alicyclic amines) is 1. The highest BCUT2D eigenvalue weighted by molar-refractivity contribution is 7.98. The monoisotopic (exact) mass is 529 g/mol. The van der Waals surface area contributed by atoms with Crippen LogP contribution < -0.4 is 10.2 Å². The van der Waals surface area contributed by atoms with Gasteiger partial charge in [0.25, 0.3) is 5.91 Å². The van der Waals surface area contributed by atoms with E-state index < -0.39 is 23.2 Å². The van der Waals surface area contributed by atoms with Crippen LogP contribution in [0, 0.1) is 17.7 Å². The maximum Gasteiger partial charge on any atom is 0.253 e. The molecule has 0 saturated carbocycles. The fraction of sp³-hybridized carbons (Fsp3) is 0.300. The molecule has 2 fully saturated rings. The van der Waals surface area contributed by atoms with E-state index in [1.807, 2.05) is 60.9 Å². The van der Waals surface area contributed by atoms with E-state index in [1.165, 1.54) is 11.0 Å². The lowest BCUT2D eigenvalue weighted by Crippen LogP contribution is -2.55. The molecule has 1 spiro atoms. The van der Waals surface area contributed by atoms with E-state index in [4.69, 9.17) is 0 Å². The zero-order valence-electron chi connectivity index (χ0n) is 21.0. The van der Waals surface area contributed by atoms with Crippen LogP contribution in [0.25, 0.3) is 0 Å². The van der Waals surface area contributed by atoms with Crippen LogP contribution in [0.5, 0.6) is 0 Å². The summed E-state index contributed by atoms with van der Waals surface area (Å²) in [4.78, 5) is 45.2. The fourth-order valence-electron chi connectivity index (χ4n) is 6.38. The Labute approximate surface area is 225 Å². The van der Waals surface area contributed by atoms with Crippen molar-refractivity contribution >= 4 is 35.2 Å². The van der Waals surface area contributed by atoms with Gasteiger partial charge >= 0.3 is 0 Å². The number of nitrogens with one attached hydrogen (secondary N) is 1. The number of fused-ring (bicyclic) bond motifs is 4. The van der Waals surface area contributed by atoms with Crippen molar-refractivity contribution in [3.8, 4) is 0 Å². The maximum absolute atomic E-state index is 14.6. The largest absolute Gasteiger partial charge is 0.306 e. The molecule has 4 atom stereocenters. The van der Waals surface area contributed by atoms with Crippen LogP contribution >= 0.6 is 11.8 Å². The van der Waals surface area contributed by atoms with Crippen LogP contribution in [-0.2, 0) is 33.0 Å². The maximum atomic E-state index is 14.6. The number of nitrogens with zero attached hydrogens (tertiary/aromatic N) is 2. The molecule has 3 aliphatic rings. The normalized spacial score (nSPS) is 25.9. The number of para-hydroxylation sites is 1. The predicted molar refractivity (Wildman–Crippen MR) is 145 cm³/mol. The molecule has 0 aliphatic carbocycles. The Morgan fingerprint density at radius 1 is 0.868 bits per heavy atom. The van der Waals surface area contributed by atoms with Gasteiger partial charge in [-0.05, 0) is 36.1 Å². The Bertz CT molecular complexity index is 1420. The first kappa shape index (κ1) is 24.8. The van der Waals surface area contributed by atoms with Crippen molar-refractivity contribution in [3.63, 3.8) is 0 Å². The molecule has 3 aliphatic heterocycles. The van der Waals surface area contributed by atoms with Crippen molar-refractivity contribution in [2.24, 2.45) is 11.8 Å². The van der Waals surface area contributed by atoms with Gasteiger partial charge in [0, 0.05) is 22.9 Å². The third-order valence-corrected chi connectivity index (χ3v) is 8.70. The van der Waals surface area contributed by atoms with Crippen molar-refractivity contribution < 1.29 is 18.8 Å². The second-order valence-electron chi connectivity index (χ2n) is 10.1. The molecule has 6 rings (SSSR count). The number of halogens is 1. The molecule has 3 aromatic carbocycles. The molecule has 194 valence electrons. The lowest BCUT2D eigenvalue weighted by atomic mass is 9.76. The summed E-state index contributed by atoms with van der Waals surface area (Å²) in [6.07, 6.45) is 2.64. The molecule has 0 radical (unpaired) electrons. The molecular weight excluding hydrogens is 501 g/mol. The molecule has 38 heavy (non-hydrogen) atoms. The molecular formula is C30H28FN3O3S. The van der Waals surface area contributed by atoms with Gasteiger partial charge in [-0.25, -0.2) is 4.39 Å². The van der Waals surface area contributed by atoms with E-state index in [2.05, 4.69) is 5.32 Å². The van der Waals surface area contributed by atoms with Gasteiger partial charge in [0.05, 0.1) is 24.9 Å². The molecule has 0 aromatic heterocycles. The Morgan fingerprint density at radius 2 is 1.58 bits per heavy atom. The van der Waals surface area contributed by atoms with Crippen molar-refractivity contribution in [2.75, 3.05) is 16.9 Å². The lowest BCUT2D eigenvalue weighted by Gasteiger charge is -2.30. The Morgan fingerprint density at radius 3 is 2.34 bits per heavy atom. The molecule has 3 amide bonds. The first-order valence-electron chi connectivity index (χ1n) is 12.8. The van der Waals surface area contributed by atoms with E-state index in [-0.39, 0.29) is 36.9 Å². The third kappa shape index (κ3) is 3.69. The predicted octanol–water partition coefficient (Wildman–Crippen LogP) is 4.09. The standard InChI is InChI=1S/C30H28FN3O3S/c1-38-16-15-23-25-26(28(36)34(27(25)35)17-19-9-3-2-4-10-19)30(32-23)21-12-6-8-14-24(21)33(29(30)37)18-20-11-5-7-13-22(20)31/h2-14,23,25-26,32H,15-18H2,1H3/t23-,25-,26+,30-/m0/s1. The minimum Gasteiger partial charge on any atom is -0.306 e. The molecule has 1 N–H and O–H groups in total. The molecule has 2 saturated heterocycles. The van der Waals surface area contributed by atoms with Gasteiger partial charge < -0.3 is 4.90 Å². The van der Waals surface area contributed by atoms with E-state index in [1.54, 1.807) is 34.9 Å². The van der Waals surface area contributed by atoms with Gasteiger partial charge in [-0.3, -0.25) is 24.6 Å². The first-order valence-corrected chi connectivity index (χ1v) is 14.2. The number of hydrogen-bond donors (Lipinski definition) is 1. The Hall–Kier alpha value is -3.49. The van der Waals surface area contributed by atoms with Crippen LogP contribution in [0.1, 0.15) is 23.1 Å². The number of thioether (sulfide) groups is 1. The summed E-state index contributed by atoms with van der Waals surface area (Å²) in [5.41, 5.74) is 1.18. The summed E-state index contributed by atoms with van der Waals surface area (Å²) in [6.45, 7) is 0.209. The van der Waals surface area contributed by atoms with E-state index in [0.717, 1.165) is 11.3 Å². The summed E-state index contributed by atoms with van der Waals surface area (Å²) >= 11 is 1.66. The van der Waals surface area contributed by atoms with Crippen molar-refractivity contribution in [1.29, 1.82) is 0 Å². The highest BCUT2D eigenvalue weighted by Gasteiger charge is 2.71. The van der Waals surface area contributed by atoms with Crippen LogP contribution in [0.2, 0.25) is 0 Å². The highest BCUT2D eigenvalue weighted by atomic mass is 32.2. The fourth-order valence-corrected chi connectivity index (χ4v) is 6.87. The van der Waals surface area contributed by atoms with Gasteiger partial charge in [-0.1, -0.05) is 66.7 Å². The number of imide groups is 1. The topological polar surface area (TPSA) is 69.7 Å². The molecule has 8 heteroatoms. The third-order valence-electron chi connectivity index (χ3n) is 8.06. The van der Waals surface area contributed by atoms with Gasteiger partial charge in [-0.15, -0.1) is 0 Å². The van der Waals surface area contributed by atoms with E-state index in [9.17, 15) is 18.8 Å². The molecule has 6 nitrogen and oxygen atoms in total. The Kier molecular flexibility index (Phi) is 6.32. The minimum atomic E-state index is -1.38. The summed E-state index contributed by atoms with van der Waals surface area (Å²) in [6, 6.07) is 22.8. The van der Waals surface area contributed by atoms with Crippen LogP contribution in [0.4, 0.5) is 10.1 Å². The SMILES string of the molecule is CSCC[C@@H]1N[C@]2(C(=O)N(Cc3ccccc3F)c3ccccc32)[C@H]2C(=O)N(Cc3ccccc3)C(=O)[C@@H]12. The molecule has 3 heterocycles. The van der Waals surface area contributed by atoms with Crippen LogP contribution in [0.15, 0.2) is 78.9 Å². The minimum absolute atomic E-state index is 0.0364. The number of amides is 3. The zero-order chi connectivity index (χ0) is 26.4. The Balaban J connectivity index is 1.44. The number of hydrogen-bond acceptors (Lipinski definition) is 5. The summed E-state index contributed by atoms with van der Waals surface area (Å²) in [5.74, 6) is -2.02. The molecule has 3 aromatic rings. The second-order valence-corrected chi connectivity index (χ2v) is 11.1. The van der Waals surface area contributed by atoms with E-state index in [0.29, 0.717) is 23.2 Å². The lowest BCUT2D eigenvalue weighted by molar-refractivity contribution is -0.143. The smallest absolute Gasteiger partial charge is 0.253 e. The summed E-state index contributed by atoms with van der Waals surface area (Å²) in [7, 11) is 0. The summed E-state index contributed by atoms with van der Waals surface area (Å²) < 4.78 is 14.6. The van der Waals surface area contributed by atoms with Crippen molar-refractivity contribution in [2.45, 2.75) is 31.1 Å². The second kappa shape index (κ2) is 9.67. The average Bonchev–Trinajstić information content (AvgIpc) is 3.49. The number of rotatable bonds is 7. The van der Waals surface area contributed by atoms with Gasteiger partial charge in [0.2, 0.25) is 11.8 Å². The van der Waals surface area contributed by atoms with Crippen LogP contribution in [0.3, 0.4) is 0 Å². The number of anilines is 1. The highest BCUT2D eigenvalue weighted by Crippen LogP contribution is 2.55. The summed E-state index contributed by atoms with van der Waals surface area (Å²) in [5, 5.41) is 3.52. The number of carbonyl (C=O) groups is 3. The van der Waals surface area contributed by atoms with Gasteiger partial charge in [-0.2, -0.15) is 11.8 Å². The quantitative estimate of drug-likeness (QED) is 0.467. The molecule has 0 unspecified atom stereocenters. The van der Waals surface area contributed by atoms with Crippen molar-refractivity contribution in [1.82, 2.24) is 10.2 Å². The average molecular weight is 530 g/mol. The van der Waals surface area contributed by atoms with Gasteiger partial charge in [0.15, 0.2) is 0 Å². The van der Waals surface area contributed by atoms with E-state index >= 15 is 0 Å². The first-order chi connectivity index (χ1) is 18.5. The van der Waals surface area contributed by atoms with Gasteiger partial charge in [0.1, 0.15) is 11.4 Å². The molecule has 0 bridgehead atoms. The zero-order valence-corrected chi connectivity index (χ0v) is 21.8. The number of carbonyl (C=O) groups excluding carboxylic acids is 3. The number of benzene rings is 3. The van der Waals surface area contributed by atoms with Crippen molar-refractivity contribution in [3.05, 3.63) is 101 Å². The van der Waals surface area contributed by atoms with Crippen LogP contribution in [-0.4, -0.2) is 40.7 Å².